The molecule has 0 saturated heterocycles. The first-order valence-electron chi connectivity index (χ1n) is 8.39. The van der Waals surface area contributed by atoms with E-state index in [1.165, 1.54) is 12.2 Å². The summed E-state index contributed by atoms with van der Waals surface area (Å²) in [7, 11) is 4.27. The van der Waals surface area contributed by atoms with Gasteiger partial charge in [-0.25, -0.2) is 13.8 Å². The zero-order chi connectivity index (χ0) is 23.5. The van der Waals surface area contributed by atoms with Gasteiger partial charge in [-0.05, 0) is 24.4 Å². The summed E-state index contributed by atoms with van der Waals surface area (Å²) < 4.78 is 59.2. The first kappa shape index (κ1) is 23.8. The molecule has 7 nitrogen and oxygen atoms in total. The number of nitrogens with zero attached hydrogens (tertiary/aromatic N) is 4. The third kappa shape index (κ3) is 5.35. The van der Waals surface area contributed by atoms with E-state index in [0.717, 1.165) is 13.1 Å². The first-order valence-corrected chi connectivity index (χ1v) is 8.77. The summed E-state index contributed by atoms with van der Waals surface area (Å²) in [6, 6.07) is 3.46. The number of alkyl halides is 3. The number of halogens is 5. The molecule has 0 radical (unpaired) electrons. The van der Waals surface area contributed by atoms with Crippen molar-refractivity contribution in [2.24, 2.45) is 7.05 Å². The van der Waals surface area contributed by atoms with Crippen molar-refractivity contribution in [2.75, 3.05) is 14.1 Å². The Labute approximate surface area is 178 Å². The number of nitriles is 1. The molecular formula is C19H15ClF4N4O3. The second-order valence-electron chi connectivity index (χ2n) is 6.33. The molecule has 0 aliphatic heterocycles. The van der Waals surface area contributed by atoms with E-state index in [4.69, 9.17) is 16.3 Å². The van der Waals surface area contributed by atoms with Gasteiger partial charge in [-0.2, -0.15) is 18.4 Å². The van der Waals surface area contributed by atoms with Crippen LogP contribution in [0.15, 0.2) is 51.9 Å². The SMILES string of the molecule is CN(C)C=CC=C(C#N)Oc1cc(-n2c(=O)cc(C(F)(F)F)n(C)c2=O)c(F)cc1Cl. The van der Waals surface area contributed by atoms with Crippen LogP contribution >= 0.6 is 11.6 Å². The largest absolute Gasteiger partial charge is 0.445 e. The molecule has 0 bridgehead atoms. The van der Waals surface area contributed by atoms with Crippen LogP contribution in [0.25, 0.3) is 5.69 Å². The molecule has 2 rings (SSSR count). The monoisotopic (exact) mass is 458 g/mol. The summed E-state index contributed by atoms with van der Waals surface area (Å²) in [5.41, 5.74) is -5.03. The molecule has 31 heavy (non-hydrogen) atoms. The van der Waals surface area contributed by atoms with Crippen LogP contribution in [0, 0.1) is 17.1 Å². The fourth-order valence-electron chi connectivity index (χ4n) is 2.40. The van der Waals surface area contributed by atoms with E-state index in [-0.39, 0.29) is 31.7 Å². The summed E-state index contributed by atoms with van der Waals surface area (Å²) in [6.45, 7) is 0. The van der Waals surface area contributed by atoms with Crippen LogP contribution in [0.4, 0.5) is 17.6 Å². The molecule has 164 valence electrons. The standard InChI is InChI=1S/C19H15ClF4N4O3/c1-26(2)6-4-5-11(10-25)31-15-8-14(13(21)7-12(15)20)28-17(29)9-16(19(22,23)24)27(3)18(28)30/h4-9H,1-3H3. The van der Waals surface area contributed by atoms with Gasteiger partial charge < -0.3 is 9.64 Å². The van der Waals surface area contributed by atoms with E-state index in [1.807, 2.05) is 0 Å². The average molecular weight is 459 g/mol. The predicted molar refractivity (Wildman–Crippen MR) is 104 cm³/mol. The van der Waals surface area contributed by atoms with E-state index in [1.54, 1.807) is 31.3 Å². The van der Waals surface area contributed by atoms with Gasteiger partial charge in [0.15, 0.2) is 0 Å². The number of hydrogen-bond acceptors (Lipinski definition) is 5. The lowest BCUT2D eigenvalue weighted by molar-refractivity contribution is -0.144. The number of ether oxygens (including phenoxy) is 1. The molecule has 0 fully saturated rings. The second kappa shape index (κ2) is 9.09. The molecular weight excluding hydrogens is 444 g/mol. The van der Waals surface area contributed by atoms with Gasteiger partial charge in [-0.1, -0.05) is 11.6 Å². The molecule has 0 saturated carbocycles. The minimum atomic E-state index is -4.97. The van der Waals surface area contributed by atoms with Gasteiger partial charge >= 0.3 is 11.9 Å². The maximum absolute atomic E-state index is 14.5. The molecule has 0 atom stereocenters. The van der Waals surface area contributed by atoms with Crippen molar-refractivity contribution in [3.8, 4) is 17.5 Å². The Morgan fingerprint density at radius 1 is 1.26 bits per heavy atom. The number of rotatable bonds is 5. The highest BCUT2D eigenvalue weighted by Crippen LogP contribution is 2.31. The Hall–Kier alpha value is -3.52. The lowest BCUT2D eigenvalue weighted by Crippen LogP contribution is -2.41. The normalized spacial score (nSPS) is 12.2. The molecule has 2 aromatic rings. The molecule has 0 aliphatic carbocycles. The van der Waals surface area contributed by atoms with Crippen molar-refractivity contribution >= 4 is 11.6 Å². The maximum Gasteiger partial charge on any atom is 0.431 e. The number of aromatic nitrogens is 2. The van der Waals surface area contributed by atoms with Gasteiger partial charge in [0.05, 0.1) is 10.7 Å². The molecule has 1 aromatic carbocycles. The minimum Gasteiger partial charge on any atom is -0.445 e. The van der Waals surface area contributed by atoms with Gasteiger partial charge in [0.25, 0.3) is 5.56 Å². The summed E-state index contributed by atoms with van der Waals surface area (Å²) in [5.74, 6) is -1.71. The molecule has 0 N–H and O–H groups in total. The fraction of sp³-hybridized carbons (Fsp3) is 0.211. The Morgan fingerprint density at radius 2 is 1.90 bits per heavy atom. The van der Waals surface area contributed by atoms with Gasteiger partial charge in [0.1, 0.15) is 23.3 Å². The molecule has 0 unspecified atom stereocenters. The summed E-state index contributed by atoms with van der Waals surface area (Å²) in [4.78, 5) is 26.3. The maximum atomic E-state index is 14.5. The van der Waals surface area contributed by atoms with Crippen LogP contribution in [0.5, 0.6) is 5.75 Å². The molecule has 0 amide bonds. The molecule has 1 heterocycles. The number of hydrogen-bond donors (Lipinski definition) is 0. The van der Waals surface area contributed by atoms with Crippen LogP contribution in [0.3, 0.4) is 0 Å². The molecule has 0 aliphatic rings. The highest BCUT2D eigenvalue weighted by atomic mass is 35.5. The van der Waals surface area contributed by atoms with E-state index in [2.05, 4.69) is 0 Å². The van der Waals surface area contributed by atoms with Crippen LogP contribution in [0.1, 0.15) is 5.69 Å². The number of allylic oxidation sites excluding steroid dienone is 3. The van der Waals surface area contributed by atoms with Gasteiger partial charge in [0.2, 0.25) is 5.76 Å². The molecule has 0 spiro atoms. The average Bonchev–Trinajstić information content (AvgIpc) is 2.65. The van der Waals surface area contributed by atoms with Crippen molar-refractivity contribution in [1.29, 1.82) is 5.26 Å². The van der Waals surface area contributed by atoms with Crippen molar-refractivity contribution in [1.82, 2.24) is 14.0 Å². The van der Waals surface area contributed by atoms with Crippen molar-refractivity contribution in [2.45, 2.75) is 6.18 Å². The quantitative estimate of drug-likeness (QED) is 0.297. The third-order valence-electron chi connectivity index (χ3n) is 3.81. The molecule has 1 aromatic heterocycles. The Balaban J connectivity index is 2.64. The van der Waals surface area contributed by atoms with E-state index in [0.29, 0.717) is 6.07 Å². The Morgan fingerprint density at radius 3 is 2.45 bits per heavy atom. The van der Waals surface area contributed by atoms with Crippen LogP contribution in [-0.4, -0.2) is 28.1 Å². The Bertz CT molecular complexity index is 1220. The van der Waals surface area contributed by atoms with Gasteiger partial charge in [0, 0.05) is 33.3 Å². The lowest BCUT2D eigenvalue weighted by atomic mass is 10.2. The van der Waals surface area contributed by atoms with E-state index >= 15 is 0 Å². The second-order valence-corrected chi connectivity index (χ2v) is 6.73. The number of benzene rings is 1. The molecule has 12 heteroatoms. The summed E-state index contributed by atoms with van der Waals surface area (Å²) in [5, 5.41) is 8.90. The van der Waals surface area contributed by atoms with Crippen molar-refractivity contribution in [3.05, 3.63) is 79.7 Å². The first-order chi connectivity index (χ1) is 14.4. The predicted octanol–water partition coefficient (Wildman–Crippen LogP) is 3.21. The smallest absolute Gasteiger partial charge is 0.431 e. The highest BCUT2D eigenvalue weighted by molar-refractivity contribution is 6.32. The minimum absolute atomic E-state index is 0.169. The zero-order valence-electron chi connectivity index (χ0n) is 16.4. The van der Waals surface area contributed by atoms with E-state index in [9.17, 15) is 32.4 Å². The summed E-state index contributed by atoms with van der Waals surface area (Å²) >= 11 is 5.92. The summed E-state index contributed by atoms with van der Waals surface area (Å²) in [6.07, 6.45) is -0.606. The van der Waals surface area contributed by atoms with Crippen LogP contribution < -0.4 is 16.0 Å². The fourth-order valence-corrected chi connectivity index (χ4v) is 2.59. The van der Waals surface area contributed by atoms with Crippen LogP contribution in [-0.2, 0) is 13.2 Å². The van der Waals surface area contributed by atoms with Gasteiger partial charge in [-0.15, -0.1) is 0 Å². The third-order valence-corrected chi connectivity index (χ3v) is 4.11. The lowest BCUT2D eigenvalue weighted by Gasteiger charge is -2.15. The van der Waals surface area contributed by atoms with Crippen molar-refractivity contribution < 1.29 is 22.3 Å². The Kier molecular flexibility index (Phi) is 6.97. The van der Waals surface area contributed by atoms with Crippen LogP contribution in [0.2, 0.25) is 5.02 Å². The van der Waals surface area contributed by atoms with Crippen molar-refractivity contribution in [3.63, 3.8) is 0 Å². The highest BCUT2D eigenvalue weighted by Gasteiger charge is 2.35. The topological polar surface area (TPSA) is 80.3 Å². The van der Waals surface area contributed by atoms with E-state index < -0.39 is 34.6 Å². The zero-order valence-corrected chi connectivity index (χ0v) is 17.1. The van der Waals surface area contributed by atoms with Gasteiger partial charge in [-0.3, -0.25) is 9.36 Å².